The minimum absolute atomic E-state index is 0.179. The van der Waals surface area contributed by atoms with Gasteiger partial charge in [0, 0.05) is 34.3 Å². The standard InChI is InChI=1S/C19H18ClN5O3S/c1-29(27,28)11-16-10-17(21)25-18(22-16)12-2-6-14(7-3-12)23-19(26)24-15-8-4-13(20)5-9-15/h2-10H,11H2,1H3,(H2,21,22,25)(H2,23,24,26). The second-order valence-corrected chi connectivity index (χ2v) is 8.92. The summed E-state index contributed by atoms with van der Waals surface area (Å²) in [6.07, 6.45) is 1.13. The molecule has 2 aromatic carbocycles. The first-order valence-corrected chi connectivity index (χ1v) is 10.9. The number of nitrogens with one attached hydrogen (secondary N) is 2. The Bertz CT molecular complexity index is 1130. The van der Waals surface area contributed by atoms with Crippen molar-refractivity contribution in [2.24, 2.45) is 0 Å². The number of nitrogens with zero attached hydrogens (tertiary/aromatic N) is 2. The molecule has 2 amide bonds. The maximum Gasteiger partial charge on any atom is 0.323 e. The molecule has 0 aliphatic rings. The quantitative estimate of drug-likeness (QED) is 0.566. The lowest BCUT2D eigenvalue weighted by Gasteiger charge is -2.09. The van der Waals surface area contributed by atoms with E-state index in [0.717, 1.165) is 6.26 Å². The van der Waals surface area contributed by atoms with Crippen molar-refractivity contribution in [3.63, 3.8) is 0 Å². The van der Waals surface area contributed by atoms with Gasteiger partial charge >= 0.3 is 6.03 Å². The molecule has 0 aliphatic carbocycles. The molecule has 29 heavy (non-hydrogen) atoms. The number of carbonyl (C=O) groups excluding carboxylic acids is 1. The number of rotatable bonds is 5. The van der Waals surface area contributed by atoms with E-state index in [1.807, 2.05) is 0 Å². The number of benzene rings is 2. The van der Waals surface area contributed by atoms with Crippen LogP contribution >= 0.6 is 11.6 Å². The average Bonchev–Trinajstić information content (AvgIpc) is 2.62. The Hall–Kier alpha value is -3.17. The molecule has 150 valence electrons. The van der Waals surface area contributed by atoms with Gasteiger partial charge in [0.2, 0.25) is 0 Å². The predicted octanol–water partition coefficient (Wildman–Crippen LogP) is 3.57. The van der Waals surface area contributed by atoms with E-state index in [9.17, 15) is 13.2 Å². The number of halogens is 1. The van der Waals surface area contributed by atoms with Gasteiger partial charge in [0.15, 0.2) is 15.7 Å². The van der Waals surface area contributed by atoms with Crippen LogP contribution in [0.4, 0.5) is 22.0 Å². The lowest BCUT2D eigenvalue weighted by atomic mass is 10.2. The molecule has 0 unspecified atom stereocenters. The zero-order valence-electron chi connectivity index (χ0n) is 15.4. The lowest BCUT2D eigenvalue weighted by Crippen LogP contribution is -2.19. The first-order chi connectivity index (χ1) is 13.7. The molecule has 0 spiro atoms. The fourth-order valence-electron chi connectivity index (χ4n) is 2.52. The highest BCUT2D eigenvalue weighted by atomic mass is 35.5. The number of nitrogens with two attached hydrogens (primary N) is 1. The van der Waals surface area contributed by atoms with Crippen molar-refractivity contribution in [3.05, 3.63) is 65.3 Å². The molecule has 1 heterocycles. The number of sulfone groups is 1. The highest BCUT2D eigenvalue weighted by Gasteiger charge is 2.11. The third-order valence-corrected chi connectivity index (χ3v) is 4.78. The van der Waals surface area contributed by atoms with Gasteiger partial charge in [-0.3, -0.25) is 0 Å². The molecule has 10 heteroatoms. The molecule has 0 saturated carbocycles. The van der Waals surface area contributed by atoms with Crippen molar-refractivity contribution in [1.82, 2.24) is 9.97 Å². The Morgan fingerprint density at radius 3 is 2.10 bits per heavy atom. The van der Waals surface area contributed by atoms with Crippen LogP contribution < -0.4 is 16.4 Å². The number of hydrogen-bond acceptors (Lipinski definition) is 6. The van der Waals surface area contributed by atoms with Crippen LogP contribution in [0.2, 0.25) is 5.02 Å². The van der Waals surface area contributed by atoms with E-state index in [-0.39, 0.29) is 11.6 Å². The Morgan fingerprint density at radius 1 is 1.00 bits per heavy atom. The summed E-state index contributed by atoms with van der Waals surface area (Å²) in [5, 5.41) is 5.98. The molecule has 0 radical (unpaired) electrons. The van der Waals surface area contributed by atoms with Crippen LogP contribution in [0.1, 0.15) is 5.69 Å². The van der Waals surface area contributed by atoms with Crippen LogP contribution in [-0.2, 0) is 15.6 Å². The van der Waals surface area contributed by atoms with Gasteiger partial charge in [-0.05, 0) is 48.5 Å². The summed E-state index contributed by atoms with van der Waals surface area (Å²) in [7, 11) is -3.25. The number of amides is 2. The minimum atomic E-state index is -3.25. The third kappa shape index (κ3) is 6.16. The highest BCUT2D eigenvalue weighted by Crippen LogP contribution is 2.21. The number of anilines is 3. The first-order valence-electron chi connectivity index (χ1n) is 8.43. The second kappa shape index (κ2) is 8.46. The maximum atomic E-state index is 12.1. The van der Waals surface area contributed by atoms with Gasteiger partial charge in [-0.1, -0.05) is 11.6 Å². The van der Waals surface area contributed by atoms with E-state index in [4.69, 9.17) is 17.3 Å². The van der Waals surface area contributed by atoms with Crippen LogP contribution in [0.3, 0.4) is 0 Å². The van der Waals surface area contributed by atoms with Crippen molar-refractivity contribution >= 4 is 44.7 Å². The van der Waals surface area contributed by atoms with Gasteiger partial charge in [0.05, 0.1) is 11.4 Å². The molecule has 1 aromatic heterocycles. The molecule has 4 N–H and O–H groups in total. The summed E-state index contributed by atoms with van der Waals surface area (Å²) in [5.41, 5.74) is 7.89. The van der Waals surface area contributed by atoms with Crippen molar-refractivity contribution in [2.45, 2.75) is 5.75 Å². The van der Waals surface area contributed by atoms with Crippen molar-refractivity contribution < 1.29 is 13.2 Å². The molecule has 8 nitrogen and oxygen atoms in total. The van der Waals surface area contributed by atoms with Crippen LogP contribution in [0.15, 0.2) is 54.6 Å². The zero-order valence-corrected chi connectivity index (χ0v) is 17.0. The van der Waals surface area contributed by atoms with E-state index in [1.165, 1.54) is 6.07 Å². The van der Waals surface area contributed by atoms with Crippen molar-refractivity contribution in [2.75, 3.05) is 22.6 Å². The summed E-state index contributed by atoms with van der Waals surface area (Å²) in [6, 6.07) is 14.5. The number of nitrogen functional groups attached to an aromatic ring is 1. The van der Waals surface area contributed by atoms with Crippen LogP contribution in [-0.4, -0.2) is 30.7 Å². The fraction of sp³-hybridized carbons (Fsp3) is 0.105. The van der Waals surface area contributed by atoms with E-state index < -0.39 is 15.9 Å². The minimum Gasteiger partial charge on any atom is -0.384 e. The van der Waals surface area contributed by atoms with Gasteiger partial charge in [0.25, 0.3) is 0 Å². The average molecular weight is 432 g/mol. The third-order valence-electron chi connectivity index (χ3n) is 3.71. The van der Waals surface area contributed by atoms with E-state index in [0.29, 0.717) is 33.5 Å². The van der Waals surface area contributed by atoms with Crippen LogP contribution in [0, 0.1) is 0 Å². The molecular weight excluding hydrogens is 414 g/mol. The maximum absolute atomic E-state index is 12.1. The number of aromatic nitrogens is 2. The molecule has 0 aliphatic heterocycles. The van der Waals surface area contributed by atoms with E-state index in [2.05, 4.69) is 20.6 Å². The first kappa shape index (κ1) is 20.6. The Balaban J connectivity index is 1.71. The Labute approximate surface area is 173 Å². The number of hydrogen-bond donors (Lipinski definition) is 3. The normalized spacial score (nSPS) is 11.1. The lowest BCUT2D eigenvalue weighted by molar-refractivity contribution is 0.262. The summed E-state index contributed by atoms with van der Waals surface area (Å²) >= 11 is 5.82. The Kier molecular flexibility index (Phi) is 6.00. The summed E-state index contributed by atoms with van der Waals surface area (Å²) in [5.74, 6) is 0.260. The van der Waals surface area contributed by atoms with Crippen LogP contribution in [0.5, 0.6) is 0 Å². The fourth-order valence-corrected chi connectivity index (χ4v) is 3.33. The topological polar surface area (TPSA) is 127 Å². The van der Waals surface area contributed by atoms with Gasteiger partial charge in [-0.15, -0.1) is 0 Å². The van der Waals surface area contributed by atoms with Crippen LogP contribution in [0.25, 0.3) is 11.4 Å². The van der Waals surface area contributed by atoms with Crippen molar-refractivity contribution in [3.8, 4) is 11.4 Å². The smallest absolute Gasteiger partial charge is 0.323 e. The predicted molar refractivity (Wildman–Crippen MR) is 115 cm³/mol. The van der Waals surface area contributed by atoms with Gasteiger partial charge in [-0.2, -0.15) is 0 Å². The molecule has 3 rings (SSSR count). The monoisotopic (exact) mass is 431 g/mol. The second-order valence-electron chi connectivity index (χ2n) is 6.34. The molecular formula is C19H18ClN5O3S. The van der Waals surface area contributed by atoms with E-state index in [1.54, 1.807) is 48.5 Å². The number of carbonyl (C=O) groups is 1. The summed E-state index contributed by atoms with van der Waals surface area (Å²) < 4.78 is 23.0. The van der Waals surface area contributed by atoms with E-state index >= 15 is 0 Å². The molecule has 0 saturated heterocycles. The largest absolute Gasteiger partial charge is 0.384 e. The molecule has 0 fully saturated rings. The van der Waals surface area contributed by atoms with Gasteiger partial charge in [0.1, 0.15) is 5.82 Å². The summed E-state index contributed by atoms with van der Waals surface area (Å²) in [6.45, 7) is 0. The molecule has 3 aromatic rings. The molecule has 0 atom stereocenters. The zero-order chi connectivity index (χ0) is 21.0. The number of urea groups is 1. The highest BCUT2D eigenvalue weighted by molar-refractivity contribution is 7.89. The van der Waals surface area contributed by atoms with Gasteiger partial charge < -0.3 is 16.4 Å². The summed E-state index contributed by atoms with van der Waals surface area (Å²) in [4.78, 5) is 20.5. The Morgan fingerprint density at radius 2 is 1.55 bits per heavy atom. The molecule has 0 bridgehead atoms. The SMILES string of the molecule is CS(=O)(=O)Cc1cc(N)nc(-c2ccc(NC(=O)Nc3ccc(Cl)cc3)cc2)n1. The van der Waals surface area contributed by atoms with Crippen molar-refractivity contribution in [1.29, 1.82) is 0 Å². The van der Waals surface area contributed by atoms with Gasteiger partial charge in [-0.25, -0.2) is 23.2 Å².